The van der Waals surface area contributed by atoms with Crippen molar-refractivity contribution in [3.63, 3.8) is 0 Å². The van der Waals surface area contributed by atoms with Crippen LogP contribution in [0.5, 0.6) is 0 Å². The number of carbonyl (C=O) groups is 1. The number of hydrogen-bond acceptors (Lipinski definition) is 5. The smallest absolute Gasteiger partial charge is 0.314 e. The molecular weight excluding hydrogens is 252 g/mol. The van der Waals surface area contributed by atoms with E-state index >= 15 is 0 Å². The summed E-state index contributed by atoms with van der Waals surface area (Å²) in [5, 5.41) is 16.6. The lowest BCUT2D eigenvalue weighted by atomic mass is 10.0. The van der Waals surface area contributed by atoms with E-state index in [1.54, 1.807) is 0 Å². The first-order valence-electron chi connectivity index (χ1n) is 5.32. The minimum Gasteiger partial charge on any atom is -0.481 e. The highest BCUT2D eigenvalue weighted by Gasteiger charge is 2.14. The highest BCUT2D eigenvalue weighted by atomic mass is 32.2. The molecule has 0 bridgehead atoms. The van der Waals surface area contributed by atoms with Gasteiger partial charge in [-0.15, -0.1) is 10.2 Å². The van der Waals surface area contributed by atoms with Crippen LogP contribution < -0.4 is 0 Å². The van der Waals surface area contributed by atoms with E-state index in [4.69, 9.17) is 9.52 Å². The summed E-state index contributed by atoms with van der Waals surface area (Å²) in [6.45, 7) is 3.94. The van der Waals surface area contributed by atoms with Gasteiger partial charge in [0.15, 0.2) is 0 Å². The van der Waals surface area contributed by atoms with E-state index < -0.39 is 5.97 Å². The number of nitrogens with zero attached hydrogens (tertiary/aromatic N) is 2. The summed E-state index contributed by atoms with van der Waals surface area (Å²) in [5.41, 5.74) is 3.01. The average Bonchev–Trinajstić information content (AvgIpc) is 2.75. The van der Waals surface area contributed by atoms with Gasteiger partial charge in [-0.3, -0.25) is 4.79 Å². The number of aliphatic carboxylic acids is 1. The van der Waals surface area contributed by atoms with Crippen LogP contribution in [-0.4, -0.2) is 27.0 Å². The van der Waals surface area contributed by atoms with Gasteiger partial charge in [-0.25, -0.2) is 0 Å². The van der Waals surface area contributed by atoms with Crippen molar-refractivity contribution >= 4 is 17.7 Å². The van der Waals surface area contributed by atoms with Crippen LogP contribution >= 0.6 is 11.8 Å². The molecule has 1 aromatic heterocycles. The fraction of sp³-hybridized carbons (Fsp3) is 0.250. The molecule has 1 heterocycles. The molecule has 0 aliphatic carbocycles. The topological polar surface area (TPSA) is 76.2 Å². The monoisotopic (exact) mass is 264 g/mol. The summed E-state index contributed by atoms with van der Waals surface area (Å²) in [4.78, 5) is 10.4. The van der Waals surface area contributed by atoms with E-state index in [0.717, 1.165) is 28.5 Å². The Kier molecular flexibility index (Phi) is 3.66. The molecule has 0 spiro atoms. The number of aryl methyl sites for hydroxylation is 2. The van der Waals surface area contributed by atoms with Crippen molar-refractivity contribution in [3.8, 4) is 11.5 Å². The molecule has 18 heavy (non-hydrogen) atoms. The van der Waals surface area contributed by atoms with Crippen LogP contribution in [0.3, 0.4) is 0 Å². The Morgan fingerprint density at radius 2 is 2.00 bits per heavy atom. The molecule has 0 fully saturated rings. The lowest BCUT2D eigenvalue weighted by Gasteiger charge is -2.03. The molecule has 1 aromatic carbocycles. The molecule has 0 unspecified atom stereocenters. The number of rotatable bonds is 4. The molecular formula is C12H12N2O3S. The molecule has 94 valence electrons. The average molecular weight is 264 g/mol. The first kappa shape index (κ1) is 12.6. The van der Waals surface area contributed by atoms with Gasteiger partial charge >= 0.3 is 5.97 Å². The van der Waals surface area contributed by atoms with Gasteiger partial charge in [0.05, 0.1) is 0 Å². The van der Waals surface area contributed by atoms with E-state index in [1.807, 2.05) is 32.0 Å². The summed E-state index contributed by atoms with van der Waals surface area (Å²) in [5.74, 6) is -0.570. The largest absolute Gasteiger partial charge is 0.481 e. The standard InChI is InChI=1S/C12H12N2O3S/c1-7-4-3-5-8(2)10(7)11-13-14-12(17-11)18-6-9(15)16/h3-5H,6H2,1-2H3,(H,15,16). The van der Waals surface area contributed by atoms with Gasteiger partial charge in [-0.2, -0.15) is 0 Å². The Labute approximate surface area is 108 Å². The van der Waals surface area contributed by atoms with E-state index in [-0.39, 0.29) is 11.0 Å². The maximum absolute atomic E-state index is 10.4. The van der Waals surface area contributed by atoms with Crippen LogP contribution in [0.2, 0.25) is 0 Å². The van der Waals surface area contributed by atoms with E-state index in [1.165, 1.54) is 0 Å². The second-order valence-electron chi connectivity index (χ2n) is 3.82. The number of thioether (sulfide) groups is 1. The van der Waals surface area contributed by atoms with E-state index in [2.05, 4.69) is 10.2 Å². The van der Waals surface area contributed by atoms with Gasteiger partial charge in [0.25, 0.3) is 5.22 Å². The summed E-state index contributed by atoms with van der Waals surface area (Å²) in [6.07, 6.45) is 0. The van der Waals surface area contributed by atoms with Crippen molar-refractivity contribution in [1.29, 1.82) is 0 Å². The minimum atomic E-state index is -0.910. The predicted octanol–water partition coefficient (Wildman–Crippen LogP) is 2.53. The van der Waals surface area contributed by atoms with Gasteiger partial charge in [0.2, 0.25) is 5.89 Å². The van der Waals surface area contributed by atoms with Gasteiger partial charge < -0.3 is 9.52 Å². The number of carboxylic acids is 1. The quantitative estimate of drug-likeness (QED) is 0.855. The number of benzene rings is 1. The van der Waals surface area contributed by atoms with Crippen molar-refractivity contribution in [2.75, 3.05) is 5.75 Å². The zero-order chi connectivity index (χ0) is 13.1. The molecule has 2 rings (SSSR count). The van der Waals surface area contributed by atoms with Gasteiger partial charge in [0.1, 0.15) is 5.75 Å². The molecule has 0 radical (unpaired) electrons. The SMILES string of the molecule is Cc1cccc(C)c1-c1nnc(SCC(=O)O)o1. The van der Waals surface area contributed by atoms with Crippen LogP contribution in [0.1, 0.15) is 11.1 Å². The molecule has 0 atom stereocenters. The third-order valence-electron chi connectivity index (χ3n) is 2.42. The second kappa shape index (κ2) is 5.22. The van der Waals surface area contributed by atoms with Crippen LogP contribution in [0.25, 0.3) is 11.5 Å². The predicted molar refractivity (Wildman–Crippen MR) is 67.6 cm³/mol. The third kappa shape index (κ3) is 2.70. The summed E-state index contributed by atoms with van der Waals surface area (Å²) in [6, 6.07) is 5.90. The third-order valence-corrected chi connectivity index (χ3v) is 3.22. The van der Waals surface area contributed by atoms with Crippen molar-refractivity contribution in [1.82, 2.24) is 10.2 Å². The minimum absolute atomic E-state index is 0.0889. The molecule has 0 aliphatic rings. The van der Waals surface area contributed by atoms with Gasteiger partial charge in [0, 0.05) is 5.56 Å². The van der Waals surface area contributed by atoms with Crippen molar-refractivity contribution in [2.24, 2.45) is 0 Å². The van der Waals surface area contributed by atoms with Crippen molar-refractivity contribution < 1.29 is 14.3 Å². The van der Waals surface area contributed by atoms with Crippen molar-refractivity contribution in [3.05, 3.63) is 29.3 Å². The summed E-state index contributed by atoms with van der Waals surface area (Å²) in [7, 11) is 0. The van der Waals surface area contributed by atoms with Gasteiger partial charge in [-0.1, -0.05) is 30.0 Å². The van der Waals surface area contributed by atoms with E-state index in [9.17, 15) is 4.79 Å². The Morgan fingerprint density at radius 3 is 2.61 bits per heavy atom. The highest BCUT2D eigenvalue weighted by Crippen LogP contribution is 2.28. The Bertz CT molecular complexity index is 560. The number of carboxylic acid groups (broad SMARTS) is 1. The summed E-state index contributed by atoms with van der Waals surface area (Å²) < 4.78 is 5.46. The first-order chi connectivity index (χ1) is 8.58. The highest BCUT2D eigenvalue weighted by molar-refractivity contribution is 7.99. The molecule has 0 aliphatic heterocycles. The second-order valence-corrected chi connectivity index (χ2v) is 4.75. The summed E-state index contributed by atoms with van der Waals surface area (Å²) >= 11 is 1.02. The lowest BCUT2D eigenvalue weighted by Crippen LogP contribution is -1.97. The lowest BCUT2D eigenvalue weighted by molar-refractivity contribution is -0.133. The fourth-order valence-corrected chi connectivity index (χ4v) is 2.13. The van der Waals surface area contributed by atoms with Crippen LogP contribution in [0.15, 0.2) is 27.8 Å². The molecule has 1 N–H and O–H groups in total. The Morgan fingerprint density at radius 1 is 1.33 bits per heavy atom. The normalized spacial score (nSPS) is 10.6. The maximum atomic E-state index is 10.4. The van der Waals surface area contributed by atoms with Crippen LogP contribution in [0, 0.1) is 13.8 Å². The first-order valence-corrected chi connectivity index (χ1v) is 6.31. The van der Waals surface area contributed by atoms with Gasteiger partial charge in [-0.05, 0) is 25.0 Å². The zero-order valence-corrected chi connectivity index (χ0v) is 10.8. The Hall–Kier alpha value is -1.82. The zero-order valence-electron chi connectivity index (χ0n) is 10.0. The molecule has 6 heteroatoms. The number of aromatic nitrogens is 2. The molecule has 5 nitrogen and oxygen atoms in total. The van der Waals surface area contributed by atoms with Crippen LogP contribution in [0.4, 0.5) is 0 Å². The molecule has 2 aromatic rings. The maximum Gasteiger partial charge on any atom is 0.314 e. The Balaban J connectivity index is 2.27. The van der Waals surface area contributed by atoms with Crippen LogP contribution in [-0.2, 0) is 4.79 Å². The molecule has 0 saturated carbocycles. The van der Waals surface area contributed by atoms with E-state index in [0.29, 0.717) is 5.89 Å². The molecule has 0 amide bonds. The van der Waals surface area contributed by atoms with Crippen molar-refractivity contribution in [2.45, 2.75) is 19.1 Å². The number of hydrogen-bond donors (Lipinski definition) is 1. The molecule has 0 saturated heterocycles. The fourth-order valence-electron chi connectivity index (χ4n) is 1.64.